The van der Waals surface area contributed by atoms with Crippen molar-refractivity contribution < 1.29 is 9.21 Å². The zero-order valence-electron chi connectivity index (χ0n) is 9.22. The predicted octanol–water partition coefficient (Wildman–Crippen LogP) is 2.31. The molecular formula is C12H14N2O2. The molecular weight excluding hydrogens is 204 g/mol. The number of ketones is 1. The highest BCUT2D eigenvalue weighted by Crippen LogP contribution is 2.07. The molecule has 4 heteroatoms. The van der Waals surface area contributed by atoms with Crippen molar-refractivity contribution in [1.29, 1.82) is 0 Å². The summed E-state index contributed by atoms with van der Waals surface area (Å²) in [6.07, 6.45) is 6.44. The van der Waals surface area contributed by atoms with Gasteiger partial charge in [-0.2, -0.15) is 0 Å². The molecule has 2 aromatic rings. The molecule has 0 spiro atoms. The van der Waals surface area contributed by atoms with E-state index in [-0.39, 0.29) is 5.78 Å². The van der Waals surface area contributed by atoms with Gasteiger partial charge in [-0.1, -0.05) is 6.92 Å². The van der Waals surface area contributed by atoms with Crippen LogP contribution in [0, 0.1) is 0 Å². The highest BCUT2D eigenvalue weighted by atomic mass is 16.3. The van der Waals surface area contributed by atoms with Gasteiger partial charge in [0.25, 0.3) is 0 Å². The van der Waals surface area contributed by atoms with Crippen molar-refractivity contribution in [2.75, 3.05) is 0 Å². The van der Waals surface area contributed by atoms with Crippen LogP contribution in [0.2, 0.25) is 0 Å². The quantitative estimate of drug-likeness (QED) is 0.723. The predicted molar refractivity (Wildman–Crippen MR) is 59.3 cm³/mol. The summed E-state index contributed by atoms with van der Waals surface area (Å²) in [5.41, 5.74) is 0. The summed E-state index contributed by atoms with van der Waals surface area (Å²) in [6.45, 7) is 2.99. The van der Waals surface area contributed by atoms with Gasteiger partial charge >= 0.3 is 0 Å². The SMILES string of the molecule is CCCn1ccnc1CC(=O)c1ccco1. The van der Waals surface area contributed by atoms with Crippen molar-refractivity contribution in [3.63, 3.8) is 0 Å². The van der Waals surface area contributed by atoms with E-state index >= 15 is 0 Å². The van der Waals surface area contributed by atoms with E-state index in [4.69, 9.17) is 4.42 Å². The van der Waals surface area contributed by atoms with Gasteiger partial charge in [0.15, 0.2) is 5.76 Å². The van der Waals surface area contributed by atoms with E-state index in [1.807, 2.05) is 10.8 Å². The molecule has 0 fully saturated rings. The van der Waals surface area contributed by atoms with Crippen molar-refractivity contribution in [2.45, 2.75) is 26.3 Å². The Morgan fingerprint density at radius 1 is 1.56 bits per heavy atom. The minimum Gasteiger partial charge on any atom is -0.461 e. The molecule has 0 saturated carbocycles. The molecule has 0 unspecified atom stereocenters. The van der Waals surface area contributed by atoms with Crippen LogP contribution in [-0.4, -0.2) is 15.3 Å². The van der Waals surface area contributed by atoms with Gasteiger partial charge in [-0.3, -0.25) is 4.79 Å². The van der Waals surface area contributed by atoms with Crippen LogP contribution in [-0.2, 0) is 13.0 Å². The summed E-state index contributed by atoms with van der Waals surface area (Å²) in [7, 11) is 0. The Morgan fingerprint density at radius 3 is 3.12 bits per heavy atom. The Morgan fingerprint density at radius 2 is 2.44 bits per heavy atom. The second-order valence-corrected chi connectivity index (χ2v) is 3.61. The third-order valence-electron chi connectivity index (χ3n) is 2.38. The Bertz CT molecular complexity index is 457. The molecule has 0 atom stereocenters. The maximum atomic E-state index is 11.8. The molecule has 84 valence electrons. The third-order valence-corrected chi connectivity index (χ3v) is 2.38. The molecule has 0 aromatic carbocycles. The normalized spacial score (nSPS) is 10.6. The van der Waals surface area contributed by atoms with E-state index in [1.165, 1.54) is 6.26 Å². The molecule has 0 aliphatic heterocycles. The fourth-order valence-corrected chi connectivity index (χ4v) is 1.62. The zero-order valence-corrected chi connectivity index (χ0v) is 9.22. The molecule has 0 radical (unpaired) electrons. The van der Waals surface area contributed by atoms with E-state index in [0.29, 0.717) is 12.2 Å². The van der Waals surface area contributed by atoms with Crippen molar-refractivity contribution in [1.82, 2.24) is 9.55 Å². The Balaban J connectivity index is 2.09. The largest absolute Gasteiger partial charge is 0.461 e. The molecule has 2 aromatic heterocycles. The van der Waals surface area contributed by atoms with Crippen LogP contribution < -0.4 is 0 Å². The number of furan rings is 1. The maximum absolute atomic E-state index is 11.8. The minimum atomic E-state index is -0.0337. The van der Waals surface area contributed by atoms with Gasteiger partial charge in [-0.25, -0.2) is 4.98 Å². The standard InChI is InChI=1S/C12H14N2O2/c1-2-6-14-7-5-13-12(14)9-10(15)11-4-3-8-16-11/h3-5,7-8H,2,6,9H2,1H3. The van der Waals surface area contributed by atoms with Crippen LogP contribution >= 0.6 is 0 Å². The lowest BCUT2D eigenvalue weighted by molar-refractivity contribution is 0.0963. The second kappa shape index (κ2) is 4.79. The van der Waals surface area contributed by atoms with Crippen LogP contribution in [0.3, 0.4) is 0 Å². The smallest absolute Gasteiger partial charge is 0.205 e. The van der Waals surface area contributed by atoms with Crippen molar-refractivity contribution >= 4 is 5.78 Å². The summed E-state index contributed by atoms with van der Waals surface area (Å²) in [5, 5.41) is 0. The zero-order chi connectivity index (χ0) is 11.4. The van der Waals surface area contributed by atoms with Crippen LogP contribution in [0.4, 0.5) is 0 Å². The molecule has 2 rings (SSSR count). The van der Waals surface area contributed by atoms with Gasteiger partial charge in [0, 0.05) is 18.9 Å². The van der Waals surface area contributed by atoms with Crippen molar-refractivity contribution in [2.24, 2.45) is 0 Å². The Hall–Kier alpha value is -1.84. The van der Waals surface area contributed by atoms with Gasteiger partial charge in [0.05, 0.1) is 12.7 Å². The van der Waals surface area contributed by atoms with Crippen LogP contribution in [0.1, 0.15) is 29.7 Å². The number of nitrogens with zero attached hydrogens (tertiary/aromatic N) is 2. The summed E-state index contributed by atoms with van der Waals surface area (Å²) in [5.74, 6) is 1.16. The number of aromatic nitrogens is 2. The molecule has 0 aliphatic carbocycles. The summed E-state index contributed by atoms with van der Waals surface area (Å²) in [6, 6.07) is 3.39. The number of rotatable bonds is 5. The number of hydrogen-bond acceptors (Lipinski definition) is 3. The summed E-state index contributed by atoms with van der Waals surface area (Å²) >= 11 is 0. The maximum Gasteiger partial charge on any atom is 0.205 e. The van der Waals surface area contributed by atoms with E-state index in [1.54, 1.807) is 18.3 Å². The highest BCUT2D eigenvalue weighted by molar-refractivity contribution is 5.94. The lowest BCUT2D eigenvalue weighted by Gasteiger charge is -2.04. The molecule has 0 amide bonds. The molecule has 0 aliphatic rings. The lowest BCUT2D eigenvalue weighted by Crippen LogP contribution is -2.09. The van der Waals surface area contributed by atoms with Crippen LogP contribution in [0.5, 0.6) is 0 Å². The fourth-order valence-electron chi connectivity index (χ4n) is 1.62. The van der Waals surface area contributed by atoms with E-state index in [2.05, 4.69) is 11.9 Å². The van der Waals surface area contributed by atoms with Gasteiger partial charge in [0.1, 0.15) is 5.82 Å². The monoisotopic (exact) mass is 218 g/mol. The van der Waals surface area contributed by atoms with Gasteiger partial charge in [-0.15, -0.1) is 0 Å². The first-order chi connectivity index (χ1) is 7.81. The number of hydrogen-bond donors (Lipinski definition) is 0. The van der Waals surface area contributed by atoms with Gasteiger partial charge < -0.3 is 8.98 Å². The molecule has 16 heavy (non-hydrogen) atoms. The highest BCUT2D eigenvalue weighted by Gasteiger charge is 2.12. The topological polar surface area (TPSA) is 48.0 Å². The van der Waals surface area contributed by atoms with E-state index in [0.717, 1.165) is 18.8 Å². The lowest BCUT2D eigenvalue weighted by atomic mass is 10.2. The number of aryl methyl sites for hydroxylation is 1. The van der Waals surface area contributed by atoms with Crippen molar-refractivity contribution in [3.8, 4) is 0 Å². The fraction of sp³-hybridized carbons (Fsp3) is 0.333. The molecule has 4 nitrogen and oxygen atoms in total. The first-order valence-corrected chi connectivity index (χ1v) is 5.38. The average molecular weight is 218 g/mol. The average Bonchev–Trinajstić information content (AvgIpc) is 2.90. The number of carbonyl (C=O) groups excluding carboxylic acids is 1. The van der Waals surface area contributed by atoms with E-state index < -0.39 is 0 Å². The minimum absolute atomic E-state index is 0.0337. The van der Waals surface area contributed by atoms with Gasteiger partial charge in [-0.05, 0) is 18.6 Å². The molecule has 2 heterocycles. The van der Waals surface area contributed by atoms with Gasteiger partial charge in [0.2, 0.25) is 5.78 Å². The van der Waals surface area contributed by atoms with Crippen LogP contribution in [0.15, 0.2) is 35.2 Å². The van der Waals surface area contributed by atoms with E-state index in [9.17, 15) is 4.79 Å². The number of Topliss-reactive ketones (excluding diaryl/α,β-unsaturated/α-hetero) is 1. The summed E-state index contributed by atoms with van der Waals surface area (Å²) < 4.78 is 7.06. The number of carbonyl (C=O) groups is 1. The van der Waals surface area contributed by atoms with Crippen molar-refractivity contribution in [3.05, 3.63) is 42.4 Å². The Kier molecular flexibility index (Phi) is 3.19. The first-order valence-electron chi connectivity index (χ1n) is 5.38. The van der Waals surface area contributed by atoms with Crippen LogP contribution in [0.25, 0.3) is 0 Å². The molecule has 0 N–H and O–H groups in total. The molecule has 0 saturated heterocycles. The first kappa shape index (κ1) is 10.7. The second-order valence-electron chi connectivity index (χ2n) is 3.61. The summed E-state index contributed by atoms with van der Waals surface area (Å²) in [4.78, 5) is 16.0. The number of imidazole rings is 1. The third kappa shape index (κ3) is 2.21. The Labute approximate surface area is 93.9 Å². The molecule has 0 bridgehead atoms.